The molecule has 0 aliphatic rings. The van der Waals surface area contributed by atoms with E-state index in [1.165, 1.54) is 6.20 Å². The Labute approximate surface area is 109 Å². The Morgan fingerprint density at radius 1 is 1.24 bits per heavy atom. The van der Waals surface area contributed by atoms with Crippen molar-refractivity contribution in [3.8, 4) is 11.5 Å². The zero-order valence-corrected chi connectivity index (χ0v) is 10.5. The van der Waals surface area contributed by atoms with E-state index in [2.05, 4.69) is 15.0 Å². The molecule has 0 aliphatic carbocycles. The highest BCUT2D eigenvalue weighted by atomic mass is 35.5. The monoisotopic (exact) mass is 269 g/mol. The maximum absolute atomic E-state index is 5.91. The van der Waals surface area contributed by atoms with Crippen molar-refractivity contribution in [2.24, 2.45) is 0 Å². The van der Waals surface area contributed by atoms with Gasteiger partial charge in [-0.25, -0.2) is 9.97 Å². The highest BCUT2D eigenvalue weighted by molar-refractivity contribution is 6.30. The Morgan fingerprint density at radius 3 is 2.71 bits per heavy atom. The molecular weight excluding hydrogens is 261 g/mol. The molecule has 0 N–H and O–H groups in total. The Hall–Kier alpha value is -1.23. The molecule has 0 aromatic carbocycles. The predicted octanol–water partition coefficient (Wildman–Crippen LogP) is 2.99. The van der Waals surface area contributed by atoms with Crippen molar-refractivity contribution in [1.82, 2.24) is 15.0 Å². The Kier molecular flexibility index (Phi) is 3.89. The van der Waals surface area contributed by atoms with Gasteiger partial charge in [0.15, 0.2) is 5.82 Å². The summed E-state index contributed by atoms with van der Waals surface area (Å²) in [6, 6.07) is 5.12. The van der Waals surface area contributed by atoms with Crippen LogP contribution in [0.15, 0.2) is 24.4 Å². The molecule has 0 atom stereocenters. The number of methoxy groups -OCH3 is 1. The lowest BCUT2D eigenvalue weighted by atomic mass is 10.3. The molecule has 2 heterocycles. The van der Waals surface area contributed by atoms with Crippen LogP contribution in [-0.4, -0.2) is 22.1 Å². The van der Waals surface area contributed by atoms with E-state index in [4.69, 9.17) is 27.9 Å². The van der Waals surface area contributed by atoms with E-state index >= 15 is 0 Å². The second-order valence-corrected chi connectivity index (χ2v) is 4.12. The third kappa shape index (κ3) is 3.12. The van der Waals surface area contributed by atoms with Crippen LogP contribution in [0.2, 0.25) is 10.2 Å². The predicted molar refractivity (Wildman–Crippen MR) is 66.0 cm³/mol. The second-order valence-electron chi connectivity index (χ2n) is 3.30. The minimum absolute atomic E-state index is 0.360. The molecule has 0 spiro atoms. The van der Waals surface area contributed by atoms with E-state index in [1.807, 2.05) is 0 Å². The summed E-state index contributed by atoms with van der Waals surface area (Å²) in [5.74, 6) is 0.459. The highest BCUT2D eigenvalue weighted by Gasteiger charge is 2.07. The maximum atomic E-state index is 5.91. The number of halogens is 2. The Morgan fingerprint density at radius 2 is 2.06 bits per heavy atom. The molecule has 2 rings (SSSR count). The lowest BCUT2D eigenvalue weighted by Crippen LogP contribution is -1.98. The standard InChI is InChI=1S/C11H9Cl2N3O/c1-17-6-8-4-10(13)16-11(15-8)9-3-2-7(12)5-14-9/h2-5H,6H2,1H3. The quantitative estimate of drug-likeness (QED) is 0.804. The molecule has 2 aromatic heterocycles. The first kappa shape index (κ1) is 12.2. The van der Waals surface area contributed by atoms with Gasteiger partial charge >= 0.3 is 0 Å². The number of hydrogen-bond acceptors (Lipinski definition) is 4. The molecule has 0 saturated carbocycles. The molecule has 17 heavy (non-hydrogen) atoms. The molecule has 0 aliphatic heterocycles. The summed E-state index contributed by atoms with van der Waals surface area (Å²) in [7, 11) is 1.59. The summed E-state index contributed by atoms with van der Waals surface area (Å²) >= 11 is 11.7. The van der Waals surface area contributed by atoms with Gasteiger partial charge in [-0.2, -0.15) is 0 Å². The van der Waals surface area contributed by atoms with Crippen molar-refractivity contribution >= 4 is 23.2 Å². The fourth-order valence-electron chi connectivity index (χ4n) is 1.31. The number of aromatic nitrogens is 3. The third-order valence-electron chi connectivity index (χ3n) is 2.00. The van der Waals surface area contributed by atoms with Crippen LogP contribution in [0.25, 0.3) is 11.5 Å². The van der Waals surface area contributed by atoms with Crippen molar-refractivity contribution in [3.63, 3.8) is 0 Å². The van der Waals surface area contributed by atoms with E-state index in [1.54, 1.807) is 25.3 Å². The van der Waals surface area contributed by atoms with Crippen molar-refractivity contribution in [1.29, 1.82) is 0 Å². The average molecular weight is 270 g/mol. The smallest absolute Gasteiger partial charge is 0.179 e. The van der Waals surface area contributed by atoms with E-state index in [9.17, 15) is 0 Å². The van der Waals surface area contributed by atoms with E-state index < -0.39 is 0 Å². The Bertz CT molecular complexity index is 517. The first-order valence-corrected chi connectivity index (χ1v) is 5.59. The largest absolute Gasteiger partial charge is 0.378 e. The van der Waals surface area contributed by atoms with Gasteiger partial charge in [0, 0.05) is 13.3 Å². The van der Waals surface area contributed by atoms with Gasteiger partial charge in [-0.1, -0.05) is 23.2 Å². The summed E-state index contributed by atoms with van der Waals surface area (Å²) in [5, 5.41) is 0.923. The maximum Gasteiger partial charge on any atom is 0.179 e. The van der Waals surface area contributed by atoms with Crippen LogP contribution in [0.3, 0.4) is 0 Å². The lowest BCUT2D eigenvalue weighted by molar-refractivity contribution is 0.181. The number of nitrogens with zero attached hydrogens (tertiary/aromatic N) is 3. The van der Waals surface area contributed by atoms with Crippen LogP contribution in [0.4, 0.5) is 0 Å². The SMILES string of the molecule is COCc1cc(Cl)nc(-c2ccc(Cl)cn2)n1. The zero-order valence-electron chi connectivity index (χ0n) is 9.02. The van der Waals surface area contributed by atoms with Crippen molar-refractivity contribution in [2.75, 3.05) is 7.11 Å². The normalized spacial score (nSPS) is 10.5. The zero-order chi connectivity index (χ0) is 12.3. The van der Waals surface area contributed by atoms with Gasteiger partial charge < -0.3 is 4.74 Å². The van der Waals surface area contributed by atoms with Crippen LogP contribution >= 0.6 is 23.2 Å². The molecule has 0 unspecified atom stereocenters. The molecule has 6 heteroatoms. The van der Waals surface area contributed by atoms with E-state index in [0.29, 0.717) is 34.0 Å². The van der Waals surface area contributed by atoms with Gasteiger partial charge in [-0.3, -0.25) is 4.98 Å². The minimum atomic E-state index is 0.360. The minimum Gasteiger partial charge on any atom is -0.378 e. The highest BCUT2D eigenvalue weighted by Crippen LogP contribution is 2.18. The molecule has 0 bridgehead atoms. The first-order valence-electron chi connectivity index (χ1n) is 4.83. The number of rotatable bonds is 3. The van der Waals surface area contributed by atoms with Gasteiger partial charge in [0.25, 0.3) is 0 Å². The van der Waals surface area contributed by atoms with Crippen LogP contribution in [-0.2, 0) is 11.3 Å². The number of hydrogen-bond donors (Lipinski definition) is 0. The van der Waals surface area contributed by atoms with Gasteiger partial charge in [0.2, 0.25) is 0 Å². The summed E-state index contributed by atoms with van der Waals surface area (Å²) < 4.78 is 5.00. The van der Waals surface area contributed by atoms with Gasteiger partial charge in [-0.15, -0.1) is 0 Å². The van der Waals surface area contributed by atoms with Crippen molar-refractivity contribution < 1.29 is 4.74 Å². The summed E-state index contributed by atoms with van der Waals surface area (Å²) in [4.78, 5) is 12.5. The number of ether oxygens (including phenoxy) is 1. The summed E-state index contributed by atoms with van der Waals surface area (Å²) in [6.45, 7) is 0.378. The first-order chi connectivity index (χ1) is 8.19. The summed E-state index contributed by atoms with van der Waals surface area (Å²) in [6.07, 6.45) is 1.54. The molecule has 2 aromatic rings. The molecule has 4 nitrogen and oxygen atoms in total. The molecule has 0 saturated heterocycles. The summed E-state index contributed by atoms with van der Waals surface area (Å²) in [5.41, 5.74) is 1.33. The Balaban J connectivity index is 2.40. The van der Waals surface area contributed by atoms with Crippen LogP contribution in [0, 0.1) is 0 Å². The van der Waals surface area contributed by atoms with E-state index in [0.717, 1.165) is 0 Å². The van der Waals surface area contributed by atoms with Gasteiger partial charge in [-0.05, 0) is 18.2 Å². The van der Waals surface area contributed by atoms with Crippen LogP contribution in [0.1, 0.15) is 5.69 Å². The van der Waals surface area contributed by atoms with E-state index in [-0.39, 0.29) is 0 Å². The van der Waals surface area contributed by atoms with Crippen LogP contribution < -0.4 is 0 Å². The van der Waals surface area contributed by atoms with Gasteiger partial charge in [0.05, 0.1) is 17.3 Å². The van der Waals surface area contributed by atoms with Crippen molar-refractivity contribution in [3.05, 3.63) is 40.3 Å². The van der Waals surface area contributed by atoms with Crippen LogP contribution in [0.5, 0.6) is 0 Å². The molecule has 0 radical (unpaired) electrons. The third-order valence-corrected chi connectivity index (χ3v) is 2.41. The topological polar surface area (TPSA) is 47.9 Å². The second kappa shape index (κ2) is 5.40. The average Bonchev–Trinajstić information content (AvgIpc) is 2.29. The van der Waals surface area contributed by atoms with Crippen molar-refractivity contribution in [2.45, 2.75) is 6.61 Å². The lowest BCUT2D eigenvalue weighted by Gasteiger charge is -2.04. The number of pyridine rings is 1. The fraction of sp³-hybridized carbons (Fsp3) is 0.182. The molecule has 88 valence electrons. The molecular formula is C11H9Cl2N3O. The van der Waals surface area contributed by atoms with Gasteiger partial charge in [0.1, 0.15) is 10.8 Å². The molecule has 0 fully saturated rings. The fourth-order valence-corrected chi connectivity index (χ4v) is 1.63. The molecule has 0 amide bonds.